The highest BCUT2D eigenvalue weighted by molar-refractivity contribution is 14.0. The van der Waals surface area contributed by atoms with Gasteiger partial charge in [0.05, 0.1) is 32.2 Å². The Kier molecular flexibility index (Phi) is 13.5. The van der Waals surface area contributed by atoms with E-state index in [1.54, 1.807) is 24.3 Å². The van der Waals surface area contributed by atoms with Crippen molar-refractivity contribution in [3.8, 4) is 0 Å². The number of hydrogen-bond acceptors (Lipinski definition) is 3. The Morgan fingerprint density at radius 2 is 1.36 bits per heavy atom. The van der Waals surface area contributed by atoms with E-state index in [1.165, 1.54) is 0 Å². The Bertz CT molecular complexity index is 687. The maximum atomic E-state index is 10.6. The van der Waals surface area contributed by atoms with E-state index in [2.05, 4.69) is 20.8 Å². The summed E-state index contributed by atoms with van der Waals surface area (Å²) in [5.74, 6) is -1.15. The lowest BCUT2D eigenvalue weighted by Gasteiger charge is -2.34. The normalized spacial score (nSPS) is 10.7. The summed E-state index contributed by atoms with van der Waals surface area (Å²) in [5, 5.41) is 19.3. The number of carboxylic acid groups (broad SMARTS) is 1. The summed E-state index contributed by atoms with van der Waals surface area (Å²) in [6.45, 7) is 11.2. The minimum atomic E-state index is -1.15. The van der Waals surface area contributed by atoms with Gasteiger partial charge in [0.15, 0.2) is 0 Å². The van der Waals surface area contributed by atoms with Crippen molar-refractivity contribution in [1.82, 2.24) is 0 Å². The maximum absolute atomic E-state index is 10.6. The first-order valence-electron chi connectivity index (χ1n) is 9.50. The molecule has 0 aromatic heterocycles. The van der Waals surface area contributed by atoms with E-state index in [1.807, 2.05) is 42.5 Å². The molecule has 28 heavy (non-hydrogen) atoms. The number of carbonyl (C=O) groups excluding carboxylic acids is 1. The van der Waals surface area contributed by atoms with Crippen molar-refractivity contribution in [3.63, 3.8) is 0 Å². The standard InChI is InChI=1S/C15H12O2.C8H20NO.HI/c16-15(17)14-10-8-13(9-11-14)7-6-12-4-2-1-3-5-12;1-4-9(5-2,6-3)7-8-10;/h1-11H,(H,16,17);10H,4-8H2,1-3H3;1H/q;+1;/p-1/b7-6+;;. The van der Waals surface area contributed by atoms with Crippen LogP contribution in [0.4, 0.5) is 0 Å². The van der Waals surface area contributed by atoms with Crippen LogP contribution < -0.4 is 5.11 Å². The van der Waals surface area contributed by atoms with Gasteiger partial charge in [-0.25, -0.2) is 0 Å². The second-order valence-electron chi connectivity index (χ2n) is 6.39. The van der Waals surface area contributed by atoms with E-state index in [-0.39, 0.29) is 29.5 Å². The summed E-state index contributed by atoms with van der Waals surface area (Å²) in [5.41, 5.74) is 2.26. The van der Waals surface area contributed by atoms with Crippen molar-refractivity contribution in [2.75, 3.05) is 32.8 Å². The molecule has 2 aromatic rings. The first-order chi connectivity index (χ1) is 13.0. The van der Waals surface area contributed by atoms with Crippen LogP contribution in [0.1, 0.15) is 42.3 Å². The van der Waals surface area contributed by atoms with Gasteiger partial charge >= 0.3 is 0 Å². The molecule has 4 nitrogen and oxygen atoms in total. The average Bonchev–Trinajstić information content (AvgIpc) is 2.72. The Labute approximate surface area is 186 Å². The third-order valence-corrected chi connectivity index (χ3v) is 5.00. The quantitative estimate of drug-likeness (QED) is 0.344. The van der Waals surface area contributed by atoms with Crippen LogP contribution in [0.3, 0.4) is 0 Å². The van der Waals surface area contributed by atoms with Crippen LogP contribution in [0.5, 0.6) is 0 Å². The molecule has 2 aromatic carbocycles. The molecule has 2 rings (SSSR count). The number of likely N-dealkylation sites (N-methyl/N-ethyl adjacent to an activating group) is 1. The average molecular weight is 497 g/mol. The first-order valence-corrected chi connectivity index (χ1v) is 9.50. The second-order valence-corrected chi connectivity index (χ2v) is 6.39. The summed E-state index contributed by atoms with van der Waals surface area (Å²) in [7, 11) is 0. The second kappa shape index (κ2) is 14.3. The molecule has 0 fully saturated rings. The zero-order chi connectivity index (χ0) is 20.1. The molecule has 0 aliphatic carbocycles. The number of aliphatic hydroxyl groups is 1. The van der Waals surface area contributed by atoms with Crippen LogP contribution in [0, 0.1) is 0 Å². The van der Waals surface area contributed by atoms with E-state index >= 15 is 0 Å². The van der Waals surface area contributed by atoms with Crippen molar-refractivity contribution in [2.45, 2.75) is 20.8 Å². The molecule has 0 unspecified atom stereocenters. The highest BCUT2D eigenvalue weighted by Gasteiger charge is 2.18. The van der Waals surface area contributed by atoms with Gasteiger partial charge < -0.3 is 19.5 Å². The molecular formula is C23H32INO3. The number of carboxylic acids is 1. The lowest BCUT2D eigenvalue weighted by Crippen LogP contribution is -2.49. The number of aromatic carboxylic acids is 1. The number of hydrogen-bond donors (Lipinski definition) is 1. The fraction of sp³-hybridized carbons (Fsp3) is 0.348. The van der Waals surface area contributed by atoms with Crippen molar-refractivity contribution >= 4 is 42.1 Å². The van der Waals surface area contributed by atoms with Crippen LogP contribution in [-0.4, -0.2) is 48.3 Å². The molecule has 0 atom stereocenters. The summed E-state index contributed by atoms with van der Waals surface area (Å²) in [6.07, 6.45) is 3.92. The Hall–Kier alpha value is -1.70. The van der Waals surface area contributed by atoms with Crippen molar-refractivity contribution in [1.29, 1.82) is 0 Å². The van der Waals surface area contributed by atoms with E-state index in [0.717, 1.165) is 41.8 Å². The maximum Gasteiger partial charge on any atom is 0.102 e. The van der Waals surface area contributed by atoms with Gasteiger partial charge in [-0.2, -0.15) is 0 Å². The van der Waals surface area contributed by atoms with Gasteiger partial charge in [0.2, 0.25) is 0 Å². The fourth-order valence-electron chi connectivity index (χ4n) is 2.84. The third kappa shape index (κ3) is 8.99. The molecule has 0 spiro atoms. The summed E-state index contributed by atoms with van der Waals surface area (Å²) in [4.78, 5) is 10.6. The van der Waals surface area contributed by atoms with Crippen LogP contribution in [0.2, 0.25) is 0 Å². The van der Waals surface area contributed by atoms with Gasteiger partial charge in [-0.1, -0.05) is 66.7 Å². The Balaban J connectivity index is 0.000000577. The first kappa shape index (κ1) is 26.3. The highest BCUT2D eigenvalue weighted by atomic mass is 127. The minimum absolute atomic E-state index is 0. The summed E-state index contributed by atoms with van der Waals surface area (Å²) in [6, 6.07) is 16.5. The molecule has 0 bridgehead atoms. The van der Waals surface area contributed by atoms with E-state index in [0.29, 0.717) is 6.61 Å². The van der Waals surface area contributed by atoms with Gasteiger partial charge in [-0.05, 0) is 37.5 Å². The van der Waals surface area contributed by atoms with Crippen LogP contribution in [-0.2, 0) is 0 Å². The zero-order valence-electron chi connectivity index (χ0n) is 17.0. The lowest BCUT2D eigenvalue weighted by molar-refractivity contribution is -0.923. The molecule has 0 radical (unpaired) electrons. The third-order valence-electron chi connectivity index (χ3n) is 5.00. The van der Waals surface area contributed by atoms with E-state index < -0.39 is 5.97 Å². The Morgan fingerprint density at radius 3 is 1.71 bits per heavy atom. The van der Waals surface area contributed by atoms with Crippen molar-refractivity contribution in [2.24, 2.45) is 0 Å². The van der Waals surface area contributed by atoms with Gasteiger partial charge in [0.25, 0.3) is 0 Å². The lowest BCUT2D eigenvalue weighted by atomic mass is 10.1. The summed E-state index contributed by atoms with van der Waals surface area (Å²) < 4.78 is 1.05. The van der Waals surface area contributed by atoms with Gasteiger partial charge in [0, 0.05) is 0 Å². The van der Waals surface area contributed by atoms with Crippen molar-refractivity contribution in [3.05, 3.63) is 71.3 Å². The molecule has 0 amide bonds. The molecule has 0 aliphatic heterocycles. The minimum Gasteiger partial charge on any atom is -0.545 e. The topological polar surface area (TPSA) is 60.4 Å². The van der Waals surface area contributed by atoms with Crippen LogP contribution in [0.15, 0.2) is 54.6 Å². The smallest absolute Gasteiger partial charge is 0.102 e. The van der Waals surface area contributed by atoms with Gasteiger partial charge in [-0.15, -0.1) is 24.0 Å². The van der Waals surface area contributed by atoms with Crippen LogP contribution >= 0.6 is 24.0 Å². The largest absolute Gasteiger partial charge is 0.545 e. The SMILES string of the molecule is CC[N+](CC)(CC)CCO.I.O=C([O-])c1ccc(/C=C/c2ccccc2)cc1. The number of nitrogens with zero attached hydrogens (tertiary/aromatic N) is 1. The summed E-state index contributed by atoms with van der Waals surface area (Å²) >= 11 is 0. The monoisotopic (exact) mass is 497 g/mol. The predicted molar refractivity (Wildman–Crippen MR) is 125 cm³/mol. The van der Waals surface area contributed by atoms with Crippen LogP contribution in [0.25, 0.3) is 12.2 Å². The molecule has 0 aliphatic rings. The number of benzene rings is 2. The molecule has 1 N–H and O–H groups in total. The molecule has 5 heteroatoms. The number of quaternary nitrogens is 1. The molecule has 0 saturated carbocycles. The molecule has 154 valence electrons. The number of halogens is 1. The van der Waals surface area contributed by atoms with Crippen molar-refractivity contribution < 1.29 is 19.5 Å². The van der Waals surface area contributed by atoms with Gasteiger partial charge in [0.1, 0.15) is 6.54 Å². The van der Waals surface area contributed by atoms with E-state index in [4.69, 9.17) is 5.11 Å². The van der Waals surface area contributed by atoms with E-state index in [9.17, 15) is 9.90 Å². The molecule has 0 saturated heterocycles. The number of carbonyl (C=O) groups is 1. The number of rotatable bonds is 8. The highest BCUT2D eigenvalue weighted by Crippen LogP contribution is 2.09. The zero-order valence-corrected chi connectivity index (χ0v) is 19.3. The molecule has 0 heterocycles. The molecular weight excluding hydrogens is 465 g/mol. The predicted octanol–water partition coefficient (Wildman–Crippen LogP) is 3.69. The Morgan fingerprint density at radius 1 is 0.893 bits per heavy atom. The van der Waals surface area contributed by atoms with Gasteiger partial charge in [-0.3, -0.25) is 0 Å². The fourth-order valence-corrected chi connectivity index (χ4v) is 2.84. The number of aliphatic hydroxyl groups excluding tert-OH is 1.